The lowest BCUT2D eigenvalue weighted by molar-refractivity contribution is 0.464. The molecule has 9 aromatic rings. The molecule has 2 nitrogen and oxygen atoms in total. The molecule has 2 aliphatic rings. The van der Waals surface area contributed by atoms with Crippen LogP contribution in [-0.4, -0.2) is 6.71 Å². The van der Waals surface area contributed by atoms with E-state index in [4.69, 9.17) is 9.47 Å². The van der Waals surface area contributed by atoms with E-state index in [9.17, 15) is 0 Å². The Morgan fingerprint density at radius 3 is 1.57 bits per heavy atom. The lowest BCUT2D eigenvalue weighted by Gasteiger charge is -2.33. The highest BCUT2D eigenvalue weighted by atomic mass is 16.5. The minimum atomic E-state index is 0.0451. The van der Waals surface area contributed by atoms with Crippen LogP contribution in [0.15, 0.2) is 176 Å². The number of benzene rings is 9. The van der Waals surface area contributed by atoms with Crippen molar-refractivity contribution in [2.24, 2.45) is 0 Å². The third-order valence-corrected chi connectivity index (χ3v) is 10.8. The number of hydrogen-bond donors (Lipinski definition) is 0. The van der Waals surface area contributed by atoms with Crippen LogP contribution >= 0.6 is 0 Å². The Bertz CT molecular complexity index is 2830. The van der Waals surface area contributed by atoms with Crippen LogP contribution < -0.4 is 25.9 Å². The van der Waals surface area contributed by atoms with Gasteiger partial charge in [-0.05, 0) is 101 Å². The molecule has 0 N–H and O–H groups in total. The third kappa shape index (κ3) is 4.19. The monoisotopic (exact) mass is 648 g/mol. The topological polar surface area (TPSA) is 18.5 Å². The van der Waals surface area contributed by atoms with Crippen molar-refractivity contribution in [3.05, 3.63) is 176 Å². The van der Waals surface area contributed by atoms with E-state index in [1.54, 1.807) is 0 Å². The fourth-order valence-corrected chi connectivity index (χ4v) is 8.65. The quantitative estimate of drug-likeness (QED) is 0.140. The minimum Gasteiger partial charge on any atom is -0.458 e. The molecule has 2 heterocycles. The van der Waals surface area contributed by atoms with Gasteiger partial charge in [0.1, 0.15) is 23.0 Å². The summed E-state index contributed by atoms with van der Waals surface area (Å²) < 4.78 is 13.1. The Morgan fingerprint density at radius 2 is 0.824 bits per heavy atom. The largest absolute Gasteiger partial charge is 0.458 e. The van der Waals surface area contributed by atoms with Crippen molar-refractivity contribution < 1.29 is 9.47 Å². The average molecular weight is 649 g/mol. The molecule has 0 amide bonds. The van der Waals surface area contributed by atoms with E-state index in [0.717, 1.165) is 39.5 Å². The van der Waals surface area contributed by atoms with Crippen LogP contribution in [0.4, 0.5) is 0 Å². The minimum absolute atomic E-state index is 0.0451. The highest BCUT2D eigenvalue weighted by Gasteiger charge is 2.39. The predicted molar refractivity (Wildman–Crippen MR) is 213 cm³/mol. The zero-order valence-electron chi connectivity index (χ0n) is 27.6. The Kier molecular flexibility index (Phi) is 6.08. The summed E-state index contributed by atoms with van der Waals surface area (Å²) in [7, 11) is 0. The molecular weight excluding hydrogens is 619 g/mol. The van der Waals surface area contributed by atoms with Gasteiger partial charge in [-0.25, -0.2) is 0 Å². The van der Waals surface area contributed by atoms with Crippen molar-refractivity contribution >= 4 is 55.4 Å². The van der Waals surface area contributed by atoms with Gasteiger partial charge < -0.3 is 9.47 Å². The molecule has 0 saturated heterocycles. The molecule has 51 heavy (non-hydrogen) atoms. The maximum Gasteiger partial charge on any atom is 0.260 e. The first kappa shape index (κ1) is 28.3. The molecule has 9 aromatic carbocycles. The molecule has 0 fully saturated rings. The van der Waals surface area contributed by atoms with Crippen LogP contribution in [0.2, 0.25) is 0 Å². The van der Waals surface area contributed by atoms with Gasteiger partial charge in [0, 0.05) is 5.46 Å². The average Bonchev–Trinajstić information content (AvgIpc) is 3.19. The number of hydrogen-bond acceptors (Lipinski definition) is 2. The summed E-state index contributed by atoms with van der Waals surface area (Å²) in [5.74, 6) is 3.50. The normalized spacial score (nSPS) is 12.6. The molecule has 0 unspecified atom stereocenters. The molecule has 0 aromatic heterocycles. The van der Waals surface area contributed by atoms with Gasteiger partial charge in [0.05, 0.1) is 0 Å². The second kappa shape index (κ2) is 11.0. The smallest absolute Gasteiger partial charge is 0.260 e. The highest BCUT2D eigenvalue weighted by Crippen LogP contribution is 2.47. The van der Waals surface area contributed by atoms with E-state index in [-0.39, 0.29) is 6.71 Å². The van der Waals surface area contributed by atoms with Gasteiger partial charge in [-0.2, -0.15) is 0 Å². The zero-order valence-corrected chi connectivity index (χ0v) is 27.6. The van der Waals surface area contributed by atoms with Gasteiger partial charge in [0.2, 0.25) is 0 Å². The first-order valence-electron chi connectivity index (χ1n) is 17.5. The van der Waals surface area contributed by atoms with Crippen molar-refractivity contribution in [2.75, 3.05) is 0 Å². The molecular formula is C48H29BO2. The molecule has 3 heteroatoms. The van der Waals surface area contributed by atoms with Crippen molar-refractivity contribution in [2.45, 2.75) is 0 Å². The predicted octanol–water partition coefficient (Wildman–Crippen LogP) is 10.9. The lowest BCUT2D eigenvalue weighted by atomic mass is 9.35. The zero-order chi connectivity index (χ0) is 33.5. The van der Waals surface area contributed by atoms with Crippen LogP contribution in [0, 0.1) is 0 Å². The molecule has 0 spiro atoms. The summed E-state index contributed by atoms with van der Waals surface area (Å²) in [5, 5.41) is 7.48. The maximum atomic E-state index is 6.71. The summed E-state index contributed by atoms with van der Waals surface area (Å²) in [6.07, 6.45) is 0. The number of para-hydroxylation sites is 1. The summed E-state index contributed by atoms with van der Waals surface area (Å²) >= 11 is 0. The Labute approximate surface area is 296 Å². The SMILES string of the molecule is c1ccc2c(c1)Oc1cccc3c1B2c1ccc(-c2ccccc2-c2c4ccccc4c(-c4cccc5ccccc45)c4ccccc24)cc1O3. The standard InChI is InChI=1S/C48H29BO2/c1-2-15-32-30(13-1)14-11-22-35(32)47-38-20-7-5-18-36(38)46(37-19-6-8-21-39(37)47)34-17-4-3-16-33(34)31-27-28-41-45(29-31)51-44-26-12-25-43-48(44)49(41)40-23-9-10-24-42(40)50-43/h1-29H. The van der Waals surface area contributed by atoms with E-state index in [1.807, 2.05) is 18.2 Å². The van der Waals surface area contributed by atoms with Gasteiger partial charge in [-0.15, -0.1) is 0 Å². The number of fused-ring (bicyclic) bond motifs is 7. The van der Waals surface area contributed by atoms with Gasteiger partial charge in [-0.1, -0.05) is 152 Å². The van der Waals surface area contributed by atoms with E-state index < -0.39 is 0 Å². The second-order valence-electron chi connectivity index (χ2n) is 13.5. The van der Waals surface area contributed by atoms with Gasteiger partial charge in [0.15, 0.2) is 0 Å². The fourth-order valence-electron chi connectivity index (χ4n) is 8.65. The molecule has 0 bridgehead atoms. The lowest BCUT2D eigenvalue weighted by Crippen LogP contribution is -2.57. The summed E-state index contributed by atoms with van der Waals surface area (Å²) in [6.45, 7) is 0.0451. The molecule has 2 aliphatic heterocycles. The van der Waals surface area contributed by atoms with E-state index in [1.165, 1.54) is 65.6 Å². The Hall–Kier alpha value is -6.58. The van der Waals surface area contributed by atoms with Crippen LogP contribution in [0.25, 0.3) is 65.7 Å². The molecule has 236 valence electrons. The first-order chi connectivity index (χ1) is 25.3. The van der Waals surface area contributed by atoms with Crippen LogP contribution in [0.5, 0.6) is 23.0 Å². The van der Waals surface area contributed by atoms with E-state index in [2.05, 4.69) is 158 Å². The summed E-state index contributed by atoms with van der Waals surface area (Å²) in [6, 6.07) is 63.2. The molecule has 0 saturated carbocycles. The molecule has 0 radical (unpaired) electrons. The van der Waals surface area contributed by atoms with Crippen LogP contribution in [0.1, 0.15) is 0 Å². The number of rotatable bonds is 3. The molecule has 0 aliphatic carbocycles. The van der Waals surface area contributed by atoms with Gasteiger partial charge in [0.25, 0.3) is 6.71 Å². The maximum absolute atomic E-state index is 6.71. The van der Waals surface area contributed by atoms with Crippen LogP contribution in [-0.2, 0) is 0 Å². The van der Waals surface area contributed by atoms with Crippen LogP contribution in [0.3, 0.4) is 0 Å². The second-order valence-corrected chi connectivity index (χ2v) is 13.5. The fraction of sp³-hybridized carbons (Fsp3) is 0. The molecule has 11 rings (SSSR count). The first-order valence-corrected chi connectivity index (χ1v) is 17.5. The van der Waals surface area contributed by atoms with Crippen molar-refractivity contribution in [3.8, 4) is 56.4 Å². The van der Waals surface area contributed by atoms with Gasteiger partial charge >= 0.3 is 0 Å². The Balaban J connectivity index is 1.14. The Morgan fingerprint density at radius 1 is 0.333 bits per heavy atom. The summed E-state index contributed by atoms with van der Waals surface area (Å²) in [4.78, 5) is 0. The summed E-state index contributed by atoms with van der Waals surface area (Å²) in [5.41, 5.74) is 10.7. The van der Waals surface area contributed by atoms with Gasteiger partial charge in [-0.3, -0.25) is 0 Å². The highest BCUT2D eigenvalue weighted by molar-refractivity contribution is 6.98. The van der Waals surface area contributed by atoms with E-state index in [0.29, 0.717) is 0 Å². The van der Waals surface area contributed by atoms with E-state index >= 15 is 0 Å². The van der Waals surface area contributed by atoms with Crippen molar-refractivity contribution in [1.29, 1.82) is 0 Å². The van der Waals surface area contributed by atoms with Crippen molar-refractivity contribution in [1.82, 2.24) is 0 Å². The third-order valence-electron chi connectivity index (χ3n) is 10.8. The number of ether oxygens (including phenoxy) is 2. The van der Waals surface area contributed by atoms with Crippen molar-refractivity contribution in [3.63, 3.8) is 0 Å². The molecule has 0 atom stereocenters.